The number of amides is 1. The molecule has 1 aliphatic heterocycles. The van der Waals surface area contributed by atoms with E-state index >= 15 is 0 Å². The molecule has 86 valence electrons. The van der Waals surface area contributed by atoms with E-state index in [1.807, 2.05) is 0 Å². The zero-order chi connectivity index (χ0) is 11.5. The summed E-state index contributed by atoms with van der Waals surface area (Å²) < 4.78 is 13.0. The van der Waals surface area contributed by atoms with Crippen molar-refractivity contribution in [2.45, 2.75) is 25.8 Å². The maximum absolute atomic E-state index is 13.0. The topological polar surface area (TPSA) is 46.3 Å². The van der Waals surface area contributed by atoms with Gasteiger partial charge >= 0.3 is 0 Å². The second-order valence-corrected chi connectivity index (χ2v) is 3.98. The highest BCUT2D eigenvalue weighted by Crippen LogP contribution is 2.25. The van der Waals surface area contributed by atoms with E-state index in [-0.39, 0.29) is 18.3 Å². The number of halogens is 1. The molecule has 1 fully saturated rings. The van der Waals surface area contributed by atoms with Crippen LogP contribution in [0, 0.1) is 5.82 Å². The Morgan fingerprint density at radius 3 is 2.88 bits per heavy atom. The van der Waals surface area contributed by atoms with Crippen molar-refractivity contribution in [1.29, 1.82) is 0 Å². The molecule has 1 saturated heterocycles. The standard InChI is InChI=1S/C12H15FN2O/c13-10-4-5-11(9(7-10)8-14)15-6-2-1-3-12(15)16/h4-5,7H,1-3,6,8,14H2. The van der Waals surface area contributed by atoms with Crippen LogP contribution in [0.1, 0.15) is 24.8 Å². The lowest BCUT2D eigenvalue weighted by molar-refractivity contribution is -0.119. The van der Waals surface area contributed by atoms with Gasteiger partial charge in [0, 0.05) is 25.2 Å². The molecule has 0 aromatic heterocycles. The molecule has 0 bridgehead atoms. The van der Waals surface area contributed by atoms with E-state index in [0.29, 0.717) is 18.5 Å². The van der Waals surface area contributed by atoms with Crippen molar-refractivity contribution in [3.8, 4) is 0 Å². The Balaban J connectivity index is 2.34. The summed E-state index contributed by atoms with van der Waals surface area (Å²) in [6.45, 7) is 0.953. The second-order valence-electron chi connectivity index (χ2n) is 3.98. The highest BCUT2D eigenvalue weighted by molar-refractivity contribution is 5.94. The van der Waals surface area contributed by atoms with E-state index in [1.54, 1.807) is 11.0 Å². The summed E-state index contributed by atoms with van der Waals surface area (Å²) in [6.07, 6.45) is 2.50. The molecule has 0 unspecified atom stereocenters. The van der Waals surface area contributed by atoms with Crippen molar-refractivity contribution in [3.63, 3.8) is 0 Å². The van der Waals surface area contributed by atoms with E-state index in [0.717, 1.165) is 18.5 Å². The van der Waals surface area contributed by atoms with E-state index in [9.17, 15) is 9.18 Å². The third-order valence-electron chi connectivity index (χ3n) is 2.88. The van der Waals surface area contributed by atoms with Gasteiger partial charge in [-0.1, -0.05) is 0 Å². The average Bonchev–Trinajstić information content (AvgIpc) is 2.30. The second kappa shape index (κ2) is 4.61. The lowest BCUT2D eigenvalue weighted by Crippen LogP contribution is -2.36. The Morgan fingerprint density at radius 2 is 2.19 bits per heavy atom. The molecule has 2 N–H and O–H groups in total. The first-order chi connectivity index (χ1) is 7.72. The molecule has 0 radical (unpaired) electrons. The van der Waals surface area contributed by atoms with Gasteiger partial charge in [0.15, 0.2) is 0 Å². The van der Waals surface area contributed by atoms with Crippen molar-refractivity contribution >= 4 is 11.6 Å². The van der Waals surface area contributed by atoms with E-state index in [4.69, 9.17) is 5.73 Å². The number of benzene rings is 1. The number of carbonyl (C=O) groups excluding carboxylic acids is 1. The summed E-state index contributed by atoms with van der Waals surface area (Å²) >= 11 is 0. The number of hydrogen-bond acceptors (Lipinski definition) is 2. The summed E-state index contributed by atoms with van der Waals surface area (Å²) in [6, 6.07) is 4.41. The molecule has 0 aliphatic carbocycles. The number of hydrogen-bond donors (Lipinski definition) is 1. The molecule has 4 heteroatoms. The first-order valence-corrected chi connectivity index (χ1v) is 5.51. The molecule has 0 atom stereocenters. The molecular formula is C12H15FN2O. The van der Waals surface area contributed by atoms with Gasteiger partial charge in [-0.2, -0.15) is 0 Å². The monoisotopic (exact) mass is 222 g/mol. The maximum atomic E-state index is 13.0. The summed E-state index contributed by atoms with van der Waals surface area (Å²) in [5, 5.41) is 0. The van der Waals surface area contributed by atoms with Crippen molar-refractivity contribution in [2.24, 2.45) is 5.73 Å². The fourth-order valence-electron chi connectivity index (χ4n) is 2.04. The molecule has 0 spiro atoms. The fourth-order valence-corrected chi connectivity index (χ4v) is 2.04. The molecular weight excluding hydrogens is 207 g/mol. The zero-order valence-corrected chi connectivity index (χ0v) is 9.08. The van der Waals surface area contributed by atoms with Crippen LogP contribution in [0.25, 0.3) is 0 Å². The highest BCUT2D eigenvalue weighted by Gasteiger charge is 2.21. The van der Waals surface area contributed by atoms with Gasteiger partial charge < -0.3 is 10.6 Å². The normalized spacial score (nSPS) is 16.6. The molecule has 16 heavy (non-hydrogen) atoms. The minimum atomic E-state index is -0.311. The predicted molar refractivity (Wildman–Crippen MR) is 60.5 cm³/mol. The highest BCUT2D eigenvalue weighted by atomic mass is 19.1. The molecule has 1 amide bonds. The van der Waals surface area contributed by atoms with E-state index < -0.39 is 0 Å². The van der Waals surface area contributed by atoms with Gasteiger partial charge in [-0.25, -0.2) is 4.39 Å². The van der Waals surface area contributed by atoms with Crippen molar-refractivity contribution in [1.82, 2.24) is 0 Å². The minimum Gasteiger partial charge on any atom is -0.326 e. The first-order valence-electron chi connectivity index (χ1n) is 5.51. The van der Waals surface area contributed by atoms with Crippen LogP contribution in [0.4, 0.5) is 10.1 Å². The zero-order valence-electron chi connectivity index (χ0n) is 9.08. The smallest absolute Gasteiger partial charge is 0.226 e. The SMILES string of the molecule is NCc1cc(F)ccc1N1CCCCC1=O. The van der Waals surface area contributed by atoms with Gasteiger partial charge in [-0.15, -0.1) is 0 Å². The van der Waals surface area contributed by atoms with Crippen LogP contribution in [0.2, 0.25) is 0 Å². The summed E-state index contributed by atoms with van der Waals surface area (Å²) in [7, 11) is 0. The van der Waals surface area contributed by atoms with Crippen LogP contribution >= 0.6 is 0 Å². The van der Waals surface area contributed by atoms with Crippen LogP contribution in [0.5, 0.6) is 0 Å². The molecule has 2 rings (SSSR count). The molecule has 1 aromatic carbocycles. The van der Waals surface area contributed by atoms with Gasteiger partial charge in [-0.05, 0) is 36.6 Å². The Morgan fingerprint density at radius 1 is 1.38 bits per heavy atom. The Hall–Kier alpha value is -1.42. The molecule has 3 nitrogen and oxygen atoms in total. The number of rotatable bonds is 2. The fraction of sp³-hybridized carbons (Fsp3) is 0.417. The predicted octanol–water partition coefficient (Wildman–Crippen LogP) is 1.80. The van der Waals surface area contributed by atoms with E-state index in [1.165, 1.54) is 12.1 Å². The third kappa shape index (κ3) is 2.07. The quantitative estimate of drug-likeness (QED) is 0.829. The van der Waals surface area contributed by atoms with Gasteiger partial charge in [0.25, 0.3) is 0 Å². The molecule has 1 aromatic rings. The van der Waals surface area contributed by atoms with Crippen molar-refractivity contribution < 1.29 is 9.18 Å². The number of nitrogens with two attached hydrogens (primary N) is 1. The van der Waals surface area contributed by atoms with Gasteiger partial charge in [0.05, 0.1) is 0 Å². The lowest BCUT2D eigenvalue weighted by Gasteiger charge is -2.28. The van der Waals surface area contributed by atoms with Crippen LogP contribution < -0.4 is 10.6 Å². The van der Waals surface area contributed by atoms with Gasteiger partial charge in [0.2, 0.25) is 5.91 Å². The minimum absolute atomic E-state index is 0.104. The number of carbonyl (C=O) groups is 1. The number of piperidine rings is 1. The Bertz CT molecular complexity index is 406. The number of nitrogens with zero attached hydrogens (tertiary/aromatic N) is 1. The third-order valence-corrected chi connectivity index (χ3v) is 2.88. The van der Waals surface area contributed by atoms with Crippen LogP contribution in [-0.4, -0.2) is 12.5 Å². The van der Waals surface area contributed by atoms with E-state index in [2.05, 4.69) is 0 Å². The molecule has 0 saturated carbocycles. The summed E-state index contributed by atoms with van der Waals surface area (Å²) in [5.41, 5.74) is 7.02. The van der Waals surface area contributed by atoms with Crippen LogP contribution in [0.15, 0.2) is 18.2 Å². The van der Waals surface area contributed by atoms with Gasteiger partial charge in [0.1, 0.15) is 5.82 Å². The maximum Gasteiger partial charge on any atom is 0.226 e. The van der Waals surface area contributed by atoms with Crippen molar-refractivity contribution in [3.05, 3.63) is 29.6 Å². The Kier molecular flexibility index (Phi) is 3.19. The van der Waals surface area contributed by atoms with Crippen LogP contribution in [0.3, 0.4) is 0 Å². The Labute approximate surface area is 94.0 Å². The summed E-state index contributed by atoms with van der Waals surface area (Å²) in [5.74, 6) is -0.207. The first kappa shape index (κ1) is 11.1. The molecule has 1 heterocycles. The molecule has 1 aliphatic rings. The average molecular weight is 222 g/mol. The van der Waals surface area contributed by atoms with Gasteiger partial charge in [-0.3, -0.25) is 4.79 Å². The largest absolute Gasteiger partial charge is 0.326 e. The summed E-state index contributed by atoms with van der Waals surface area (Å²) in [4.78, 5) is 13.5. The number of anilines is 1. The van der Waals surface area contributed by atoms with Crippen molar-refractivity contribution in [2.75, 3.05) is 11.4 Å². The lowest BCUT2D eigenvalue weighted by atomic mass is 10.1. The van der Waals surface area contributed by atoms with Crippen LogP contribution in [-0.2, 0) is 11.3 Å².